The van der Waals surface area contributed by atoms with E-state index in [0.717, 1.165) is 49.5 Å². The van der Waals surface area contributed by atoms with Crippen LogP contribution in [0.25, 0.3) is 6.08 Å². The van der Waals surface area contributed by atoms with Gasteiger partial charge in [0.05, 0.1) is 149 Å². The molecule has 2 aliphatic heterocycles. The van der Waals surface area contributed by atoms with Crippen molar-refractivity contribution in [3.8, 4) is 5.75 Å². The Morgan fingerprint density at radius 2 is 1.14 bits per heavy atom. The molecule has 3 heterocycles. The van der Waals surface area contributed by atoms with Gasteiger partial charge in [0.1, 0.15) is 5.84 Å². The van der Waals surface area contributed by atoms with Crippen LogP contribution in [0.2, 0.25) is 0 Å². The van der Waals surface area contributed by atoms with Gasteiger partial charge in [-0.1, -0.05) is 6.92 Å². The monoisotopic (exact) mass is 1020 g/mol. The van der Waals surface area contributed by atoms with Crippen LogP contribution in [0.1, 0.15) is 55.2 Å². The molecule has 1 aromatic heterocycles. The van der Waals surface area contributed by atoms with E-state index in [9.17, 15) is 27.2 Å². The van der Waals surface area contributed by atoms with Gasteiger partial charge in [0.15, 0.2) is 11.6 Å². The zero-order valence-electron chi connectivity index (χ0n) is 40.4. The van der Waals surface area contributed by atoms with Crippen molar-refractivity contribution in [2.45, 2.75) is 51.9 Å². The number of esters is 1. The molecule has 22 heteroatoms. The molecule has 1 fully saturated rings. The molecule has 2 aromatic rings. The Kier molecular flexibility index (Phi) is 30.5. The van der Waals surface area contributed by atoms with Gasteiger partial charge in [0, 0.05) is 36.0 Å². The van der Waals surface area contributed by atoms with E-state index in [0.29, 0.717) is 143 Å². The van der Waals surface area contributed by atoms with Crippen molar-refractivity contribution in [1.82, 2.24) is 10.2 Å². The number of likely N-dealkylation sites (tertiary alicyclic amines) is 1. The normalized spacial score (nSPS) is 14.4. The molecule has 396 valence electrons. The molecule has 0 saturated carbocycles. The fourth-order valence-corrected chi connectivity index (χ4v) is 8.02. The number of ether oxygens (including phenoxy) is 11. The molecule has 1 saturated heterocycles. The molecule has 0 aliphatic carbocycles. The number of rotatable bonds is 40. The van der Waals surface area contributed by atoms with E-state index in [2.05, 4.69) is 26.0 Å². The average molecular weight is 1020 g/mol. The third kappa shape index (κ3) is 24.7. The summed E-state index contributed by atoms with van der Waals surface area (Å²) in [7, 11) is 0. The van der Waals surface area contributed by atoms with Gasteiger partial charge in [-0.25, -0.2) is 13.8 Å². The highest BCUT2D eigenvalue weighted by atomic mass is 32.1. The molecule has 1 amide bonds. The second kappa shape index (κ2) is 36.3. The first kappa shape index (κ1) is 58.9. The molecule has 3 N–H and O–H groups in total. The number of aryl methyl sites for hydroxylation is 1. The van der Waals surface area contributed by atoms with Crippen molar-refractivity contribution < 1.29 is 79.3 Å². The minimum Gasteiger partial charge on any atom is -0.420 e. The number of carbonyl (C=O) groups is 2. The quantitative estimate of drug-likeness (QED) is 0.0283. The standard InChI is InChI=1S/C48H72F4N4O13S/c1-2-8-54-48(58)37-32-42-41(55-43(53)33-37)34-38(70-42)4-3-36-5-9-56(10-6-36)11-13-60-15-17-62-19-21-64-23-25-66-27-29-68-31-30-67-28-26-65-24-22-63-20-18-61-16-14-59-12-7-44(57)69-47-45(51)39(49)35-40(50)46(47)52/h32,34-36H,2-31,33H2,1H3,(H2,53,55)(H,54,58). The Hall–Kier alpha value is -3.65. The SMILES string of the molecule is CCCNC(=O)C1=Cc2sc(CCC3CCN(CCOCCOCCOCCOCCOCCOCCOCCOCCOCCOCCC(=O)Oc4c(F)c(F)cc(F)c4F)CC3)cc2N=C(N)C1. The van der Waals surface area contributed by atoms with Crippen molar-refractivity contribution in [2.24, 2.45) is 16.6 Å². The van der Waals surface area contributed by atoms with Crippen molar-refractivity contribution in [3.05, 3.63) is 50.7 Å². The summed E-state index contributed by atoms with van der Waals surface area (Å²) < 4.78 is 113. The lowest BCUT2D eigenvalue weighted by Gasteiger charge is -2.31. The topological polar surface area (TPSA) is 189 Å². The molecular weight excluding hydrogens is 949 g/mol. The van der Waals surface area contributed by atoms with E-state index in [1.165, 1.54) is 17.7 Å². The van der Waals surface area contributed by atoms with Crippen LogP contribution >= 0.6 is 11.3 Å². The number of thiophene rings is 1. The molecule has 1 aromatic carbocycles. The van der Waals surface area contributed by atoms with Crippen LogP contribution in [0, 0.1) is 29.2 Å². The first-order valence-corrected chi connectivity index (χ1v) is 24.9. The Morgan fingerprint density at radius 3 is 1.61 bits per heavy atom. The summed E-state index contributed by atoms with van der Waals surface area (Å²) in [6.07, 6.45) is 7.35. The first-order chi connectivity index (χ1) is 34.1. The van der Waals surface area contributed by atoms with Crippen LogP contribution < -0.4 is 15.8 Å². The van der Waals surface area contributed by atoms with Gasteiger partial charge < -0.3 is 68.1 Å². The molecule has 0 radical (unpaired) electrons. The summed E-state index contributed by atoms with van der Waals surface area (Å²) >= 11 is 1.72. The van der Waals surface area contributed by atoms with Crippen molar-refractivity contribution in [1.29, 1.82) is 0 Å². The van der Waals surface area contributed by atoms with Crippen molar-refractivity contribution in [2.75, 3.05) is 158 Å². The van der Waals surface area contributed by atoms with E-state index in [1.54, 1.807) is 11.3 Å². The molecule has 0 bridgehead atoms. The van der Waals surface area contributed by atoms with Crippen LogP contribution in [0.3, 0.4) is 0 Å². The van der Waals surface area contributed by atoms with Crippen molar-refractivity contribution >= 4 is 40.8 Å². The second-order valence-corrected chi connectivity index (χ2v) is 17.3. The average Bonchev–Trinajstić information content (AvgIpc) is 3.65. The number of carbonyl (C=O) groups excluding carboxylic acids is 2. The molecule has 0 spiro atoms. The number of amidine groups is 1. The summed E-state index contributed by atoms with van der Waals surface area (Å²) in [5.41, 5.74) is 7.69. The largest absolute Gasteiger partial charge is 0.420 e. The third-order valence-electron chi connectivity index (χ3n) is 10.7. The van der Waals surface area contributed by atoms with Gasteiger partial charge in [0.2, 0.25) is 23.3 Å². The zero-order valence-corrected chi connectivity index (χ0v) is 41.2. The van der Waals surface area contributed by atoms with Crippen molar-refractivity contribution in [3.63, 3.8) is 0 Å². The van der Waals surface area contributed by atoms with E-state index in [1.807, 2.05) is 13.0 Å². The minimum absolute atomic E-state index is 0.0195. The number of nitrogens with zero attached hydrogens (tertiary/aromatic N) is 2. The van der Waals surface area contributed by atoms with Gasteiger partial charge in [-0.3, -0.25) is 9.59 Å². The molecule has 0 unspecified atom stereocenters. The number of piperidine rings is 1. The number of aliphatic imine (C=N–C) groups is 1. The lowest BCUT2D eigenvalue weighted by Crippen LogP contribution is -2.36. The summed E-state index contributed by atoms with van der Waals surface area (Å²) in [5, 5.41) is 2.95. The number of nitrogens with one attached hydrogen (secondary N) is 1. The number of halogens is 4. The maximum atomic E-state index is 13.6. The van der Waals surface area contributed by atoms with Crippen LogP contribution in [-0.2, 0) is 63.4 Å². The molecule has 2 aliphatic rings. The molecule has 0 atom stereocenters. The maximum absolute atomic E-state index is 13.6. The highest BCUT2D eigenvalue weighted by molar-refractivity contribution is 7.13. The van der Waals surface area contributed by atoms with Crippen LogP contribution in [0.5, 0.6) is 5.75 Å². The van der Waals surface area contributed by atoms with Crippen LogP contribution in [-0.4, -0.2) is 181 Å². The molecule has 70 heavy (non-hydrogen) atoms. The Balaban J connectivity index is 0.806. The summed E-state index contributed by atoms with van der Waals surface area (Å²) in [4.78, 5) is 33.7. The van der Waals surface area contributed by atoms with E-state index in [4.69, 9.17) is 53.1 Å². The summed E-state index contributed by atoms with van der Waals surface area (Å²) in [6.45, 7) is 13.7. The fraction of sp³-hybridized carbons (Fsp3) is 0.688. The second-order valence-electron chi connectivity index (χ2n) is 16.1. The number of amides is 1. The summed E-state index contributed by atoms with van der Waals surface area (Å²) in [5.74, 6) is -8.38. The summed E-state index contributed by atoms with van der Waals surface area (Å²) in [6, 6.07) is 2.16. The highest BCUT2D eigenvalue weighted by Gasteiger charge is 2.24. The minimum atomic E-state index is -1.79. The predicted molar refractivity (Wildman–Crippen MR) is 254 cm³/mol. The van der Waals surface area contributed by atoms with Gasteiger partial charge in [-0.05, 0) is 63.3 Å². The predicted octanol–water partition coefficient (Wildman–Crippen LogP) is 5.41. The van der Waals surface area contributed by atoms with Crippen LogP contribution in [0.15, 0.2) is 22.7 Å². The van der Waals surface area contributed by atoms with Crippen LogP contribution in [0.4, 0.5) is 23.2 Å². The number of benzene rings is 1. The number of fused-ring (bicyclic) bond motifs is 1. The fourth-order valence-electron chi connectivity index (χ4n) is 6.94. The number of hydrogen-bond acceptors (Lipinski definition) is 17. The molecule has 17 nitrogen and oxygen atoms in total. The zero-order chi connectivity index (χ0) is 50.0. The first-order valence-electron chi connectivity index (χ1n) is 24.1. The molecule has 4 rings (SSSR count). The maximum Gasteiger partial charge on any atom is 0.313 e. The lowest BCUT2D eigenvalue weighted by atomic mass is 9.92. The smallest absolute Gasteiger partial charge is 0.313 e. The Morgan fingerprint density at radius 1 is 0.686 bits per heavy atom. The van der Waals surface area contributed by atoms with E-state index < -0.39 is 41.4 Å². The molecular formula is C48H72F4N4O13S. The Bertz CT molecular complexity index is 1830. The van der Waals surface area contributed by atoms with Gasteiger partial charge >= 0.3 is 5.97 Å². The number of hydrogen-bond donors (Lipinski definition) is 2. The number of nitrogens with two attached hydrogens (primary N) is 1. The van der Waals surface area contributed by atoms with E-state index >= 15 is 0 Å². The Labute approximate surface area is 412 Å². The lowest BCUT2D eigenvalue weighted by molar-refractivity contribution is -0.136. The van der Waals surface area contributed by atoms with Gasteiger partial charge in [0.25, 0.3) is 0 Å². The highest BCUT2D eigenvalue weighted by Crippen LogP contribution is 2.36. The third-order valence-corrected chi connectivity index (χ3v) is 11.8. The van der Waals surface area contributed by atoms with Gasteiger partial charge in [-0.2, -0.15) is 8.78 Å². The van der Waals surface area contributed by atoms with Gasteiger partial charge in [-0.15, -0.1) is 11.3 Å². The van der Waals surface area contributed by atoms with E-state index in [-0.39, 0.29) is 31.8 Å².